The Morgan fingerprint density at radius 3 is 2.78 bits per heavy atom. The van der Waals surface area contributed by atoms with E-state index in [4.69, 9.17) is 4.74 Å². The van der Waals surface area contributed by atoms with Gasteiger partial charge in [-0.15, -0.1) is 0 Å². The summed E-state index contributed by atoms with van der Waals surface area (Å²) in [7, 11) is 0. The summed E-state index contributed by atoms with van der Waals surface area (Å²) in [6.45, 7) is 3.23. The van der Waals surface area contributed by atoms with E-state index in [2.05, 4.69) is 26.2 Å². The van der Waals surface area contributed by atoms with Gasteiger partial charge in [0, 0.05) is 28.3 Å². The molecule has 5 nitrogen and oxygen atoms in total. The minimum atomic E-state index is 0.0706. The van der Waals surface area contributed by atoms with E-state index in [0.29, 0.717) is 18.2 Å². The highest BCUT2D eigenvalue weighted by Crippen LogP contribution is 2.26. The molecule has 0 bridgehead atoms. The van der Waals surface area contributed by atoms with Crippen LogP contribution in [0.2, 0.25) is 0 Å². The van der Waals surface area contributed by atoms with E-state index >= 15 is 0 Å². The Balaban J connectivity index is 1.43. The standard InChI is InChI=1S/C21H24BrN3O2/c1-14-11-15(12-20(23-14)24-17-6-7-17)21(26)25-10-2-3-18(25)13-27-19-8-4-16(22)5-9-19/h4-5,8-9,11-12,17-18H,2-3,6-7,10,13H2,1H3,(H,23,24)/t18-/m0/s1. The van der Waals surface area contributed by atoms with Gasteiger partial charge < -0.3 is 15.0 Å². The summed E-state index contributed by atoms with van der Waals surface area (Å²) in [6.07, 6.45) is 4.35. The molecule has 4 rings (SSSR count). The molecule has 1 saturated heterocycles. The molecule has 0 radical (unpaired) electrons. The second-order valence-electron chi connectivity index (χ2n) is 7.36. The molecule has 2 fully saturated rings. The van der Waals surface area contributed by atoms with Crippen LogP contribution in [0.1, 0.15) is 41.7 Å². The van der Waals surface area contributed by atoms with Gasteiger partial charge in [0.05, 0.1) is 6.04 Å². The molecule has 1 N–H and O–H groups in total. The number of aromatic nitrogens is 1. The number of rotatable bonds is 6. The molecule has 1 atom stereocenters. The summed E-state index contributed by atoms with van der Waals surface area (Å²) in [6, 6.07) is 12.2. The lowest BCUT2D eigenvalue weighted by Gasteiger charge is -2.25. The minimum absolute atomic E-state index is 0.0706. The highest BCUT2D eigenvalue weighted by Gasteiger charge is 2.30. The summed E-state index contributed by atoms with van der Waals surface area (Å²) in [4.78, 5) is 19.6. The van der Waals surface area contributed by atoms with E-state index in [1.165, 1.54) is 12.8 Å². The maximum absolute atomic E-state index is 13.1. The summed E-state index contributed by atoms with van der Waals surface area (Å²) >= 11 is 3.43. The number of halogens is 1. The van der Waals surface area contributed by atoms with Crippen molar-refractivity contribution in [1.29, 1.82) is 0 Å². The van der Waals surface area contributed by atoms with Gasteiger partial charge in [-0.25, -0.2) is 4.98 Å². The second-order valence-corrected chi connectivity index (χ2v) is 8.28. The Kier molecular flexibility index (Phi) is 5.34. The molecular formula is C21H24BrN3O2. The van der Waals surface area contributed by atoms with Gasteiger partial charge in [-0.05, 0) is 69.0 Å². The summed E-state index contributed by atoms with van der Waals surface area (Å²) in [5.74, 6) is 1.71. The Labute approximate surface area is 168 Å². The van der Waals surface area contributed by atoms with Crippen LogP contribution < -0.4 is 10.1 Å². The van der Waals surface area contributed by atoms with E-state index in [-0.39, 0.29) is 11.9 Å². The molecule has 0 unspecified atom stereocenters. The minimum Gasteiger partial charge on any atom is -0.491 e. The zero-order valence-electron chi connectivity index (χ0n) is 15.5. The van der Waals surface area contributed by atoms with Crippen LogP contribution in [-0.2, 0) is 0 Å². The Morgan fingerprint density at radius 1 is 1.26 bits per heavy atom. The van der Waals surface area contributed by atoms with Gasteiger partial charge >= 0.3 is 0 Å². The SMILES string of the molecule is Cc1cc(C(=O)N2CCC[C@H]2COc2ccc(Br)cc2)cc(NC2CC2)n1. The van der Waals surface area contributed by atoms with Crippen LogP contribution >= 0.6 is 15.9 Å². The lowest BCUT2D eigenvalue weighted by Crippen LogP contribution is -2.39. The van der Waals surface area contributed by atoms with Gasteiger partial charge in [0.1, 0.15) is 18.2 Å². The molecule has 1 aromatic heterocycles. The smallest absolute Gasteiger partial charge is 0.254 e. The van der Waals surface area contributed by atoms with E-state index in [9.17, 15) is 4.79 Å². The molecule has 142 valence electrons. The maximum atomic E-state index is 13.1. The van der Waals surface area contributed by atoms with Gasteiger partial charge in [-0.2, -0.15) is 0 Å². The van der Waals surface area contributed by atoms with Crippen molar-refractivity contribution in [3.63, 3.8) is 0 Å². The van der Waals surface area contributed by atoms with Gasteiger partial charge in [-0.1, -0.05) is 15.9 Å². The third kappa shape index (κ3) is 4.61. The molecule has 6 heteroatoms. The van der Waals surface area contributed by atoms with Gasteiger partial charge in [0.25, 0.3) is 5.91 Å². The van der Waals surface area contributed by atoms with Crippen LogP contribution in [0.3, 0.4) is 0 Å². The fourth-order valence-corrected chi connectivity index (χ4v) is 3.73. The van der Waals surface area contributed by atoms with Crippen molar-refractivity contribution in [2.75, 3.05) is 18.5 Å². The third-order valence-corrected chi connectivity index (χ3v) is 5.55. The fraction of sp³-hybridized carbons (Fsp3) is 0.429. The molecule has 1 amide bonds. The molecule has 2 aliphatic rings. The van der Waals surface area contributed by atoms with E-state index < -0.39 is 0 Å². The number of nitrogens with zero attached hydrogens (tertiary/aromatic N) is 2. The molecule has 1 aliphatic carbocycles. The van der Waals surface area contributed by atoms with Crippen molar-refractivity contribution in [2.45, 2.75) is 44.7 Å². The molecule has 2 heterocycles. The average molecular weight is 430 g/mol. The van der Waals surface area contributed by atoms with Crippen LogP contribution in [-0.4, -0.2) is 41.0 Å². The number of carbonyl (C=O) groups excluding carboxylic acids is 1. The first kappa shape index (κ1) is 18.3. The normalized spacial score (nSPS) is 19.2. The first-order valence-electron chi connectivity index (χ1n) is 9.53. The number of pyridine rings is 1. The van der Waals surface area contributed by atoms with Crippen LogP contribution in [0, 0.1) is 6.92 Å². The number of anilines is 1. The number of amides is 1. The van der Waals surface area contributed by atoms with Crippen molar-refractivity contribution in [3.8, 4) is 5.75 Å². The first-order chi connectivity index (χ1) is 13.1. The van der Waals surface area contributed by atoms with Crippen molar-refractivity contribution < 1.29 is 9.53 Å². The van der Waals surface area contributed by atoms with Gasteiger partial charge in [0.15, 0.2) is 0 Å². The monoisotopic (exact) mass is 429 g/mol. The summed E-state index contributed by atoms with van der Waals surface area (Å²) < 4.78 is 6.95. The number of likely N-dealkylation sites (tertiary alicyclic amines) is 1. The maximum Gasteiger partial charge on any atom is 0.254 e. The molecule has 1 aromatic carbocycles. The van der Waals surface area contributed by atoms with E-state index in [0.717, 1.165) is 41.1 Å². The number of ether oxygens (including phenoxy) is 1. The van der Waals surface area contributed by atoms with Gasteiger partial charge in [-0.3, -0.25) is 4.79 Å². The number of benzene rings is 1. The average Bonchev–Trinajstić information content (AvgIpc) is 3.34. The van der Waals surface area contributed by atoms with Crippen molar-refractivity contribution in [2.24, 2.45) is 0 Å². The van der Waals surface area contributed by atoms with Crippen molar-refractivity contribution >= 4 is 27.7 Å². The predicted octanol–water partition coefficient (Wildman–Crippen LogP) is 4.41. The lowest BCUT2D eigenvalue weighted by molar-refractivity contribution is 0.0691. The zero-order valence-corrected chi connectivity index (χ0v) is 17.0. The summed E-state index contributed by atoms with van der Waals surface area (Å²) in [5.41, 5.74) is 1.58. The second kappa shape index (κ2) is 7.89. The highest BCUT2D eigenvalue weighted by atomic mass is 79.9. The van der Waals surface area contributed by atoms with Crippen LogP contribution in [0.25, 0.3) is 0 Å². The van der Waals surface area contributed by atoms with Crippen molar-refractivity contribution in [3.05, 3.63) is 52.1 Å². The number of hydrogen-bond donors (Lipinski definition) is 1. The predicted molar refractivity (Wildman–Crippen MR) is 109 cm³/mol. The van der Waals surface area contributed by atoms with Crippen molar-refractivity contribution in [1.82, 2.24) is 9.88 Å². The van der Waals surface area contributed by atoms with E-state index in [1.54, 1.807) is 0 Å². The zero-order chi connectivity index (χ0) is 18.8. The molecule has 2 aromatic rings. The Morgan fingerprint density at radius 2 is 2.04 bits per heavy atom. The first-order valence-corrected chi connectivity index (χ1v) is 10.3. The Bertz CT molecular complexity index is 821. The third-order valence-electron chi connectivity index (χ3n) is 5.02. The quantitative estimate of drug-likeness (QED) is 0.738. The molecule has 0 spiro atoms. The van der Waals surface area contributed by atoms with Gasteiger partial charge in [0.2, 0.25) is 0 Å². The summed E-state index contributed by atoms with van der Waals surface area (Å²) in [5, 5.41) is 3.39. The van der Waals surface area contributed by atoms with Crippen LogP contribution in [0.4, 0.5) is 5.82 Å². The largest absolute Gasteiger partial charge is 0.491 e. The molecule has 1 saturated carbocycles. The number of aryl methyl sites for hydroxylation is 1. The molecule has 27 heavy (non-hydrogen) atoms. The van der Waals surface area contributed by atoms with E-state index in [1.807, 2.05) is 48.2 Å². The lowest BCUT2D eigenvalue weighted by atomic mass is 10.1. The molecule has 1 aliphatic heterocycles. The van der Waals surface area contributed by atoms with Crippen LogP contribution in [0.15, 0.2) is 40.9 Å². The molecular weight excluding hydrogens is 406 g/mol. The highest BCUT2D eigenvalue weighted by molar-refractivity contribution is 9.10. The number of carbonyl (C=O) groups is 1. The number of nitrogens with one attached hydrogen (secondary N) is 1. The fourth-order valence-electron chi connectivity index (χ4n) is 3.47. The van der Waals surface area contributed by atoms with Crippen LogP contribution in [0.5, 0.6) is 5.75 Å². The Hall–Kier alpha value is -2.08. The number of hydrogen-bond acceptors (Lipinski definition) is 4. The topological polar surface area (TPSA) is 54.5 Å².